The molecule has 4 heteroatoms. The second-order valence-electron chi connectivity index (χ2n) is 2.48. The summed E-state index contributed by atoms with van der Waals surface area (Å²) in [5.41, 5.74) is 5.34. The average molecular weight is 197 g/mol. The van der Waals surface area contributed by atoms with E-state index >= 15 is 0 Å². The number of hydrogen-bond acceptors (Lipinski definition) is 3. The standard InChI is InChI=1S/C9H9ClN2O/c10-8-3-1-2-4-9(8)13-6-7(12)5-11/h1-4,7H,6,12H2. The minimum Gasteiger partial charge on any atom is -0.489 e. The van der Waals surface area contributed by atoms with E-state index in [9.17, 15) is 0 Å². The monoisotopic (exact) mass is 196 g/mol. The second-order valence-corrected chi connectivity index (χ2v) is 2.88. The largest absolute Gasteiger partial charge is 0.489 e. The first-order valence-corrected chi connectivity index (χ1v) is 4.14. The molecule has 1 atom stereocenters. The van der Waals surface area contributed by atoms with E-state index in [1.54, 1.807) is 24.3 Å². The molecule has 1 unspecified atom stereocenters. The van der Waals surface area contributed by atoms with Crippen LogP contribution in [0.3, 0.4) is 0 Å². The lowest BCUT2D eigenvalue weighted by atomic mass is 10.3. The van der Waals surface area contributed by atoms with Crippen molar-refractivity contribution in [3.8, 4) is 11.8 Å². The quantitative estimate of drug-likeness (QED) is 0.799. The Morgan fingerprint density at radius 2 is 2.23 bits per heavy atom. The highest BCUT2D eigenvalue weighted by Gasteiger charge is 2.03. The van der Waals surface area contributed by atoms with E-state index in [2.05, 4.69) is 0 Å². The topological polar surface area (TPSA) is 59.0 Å². The van der Waals surface area contributed by atoms with Gasteiger partial charge < -0.3 is 10.5 Å². The van der Waals surface area contributed by atoms with Crippen molar-refractivity contribution in [2.75, 3.05) is 6.61 Å². The normalized spacial score (nSPS) is 11.8. The van der Waals surface area contributed by atoms with Crippen LogP contribution in [0.1, 0.15) is 0 Å². The molecular weight excluding hydrogens is 188 g/mol. The first-order chi connectivity index (χ1) is 6.24. The van der Waals surface area contributed by atoms with E-state index in [1.807, 2.05) is 6.07 Å². The van der Waals surface area contributed by atoms with Gasteiger partial charge >= 0.3 is 0 Å². The molecule has 68 valence electrons. The third-order valence-electron chi connectivity index (χ3n) is 1.42. The van der Waals surface area contributed by atoms with Crippen molar-refractivity contribution < 1.29 is 4.74 Å². The SMILES string of the molecule is N#CC(N)COc1ccccc1Cl. The van der Waals surface area contributed by atoms with Crippen molar-refractivity contribution in [3.63, 3.8) is 0 Å². The van der Waals surface area contributed by atoms with Gasteiger partial charge in [0.2, 0.25) is 0 Å². The maximum atomic E-state index is 8.39. The summed E-state index contributed by atoms with van der Waals surface area (Å²) >= 11 is 5.80. The summed E-state index contributed by atoms with van der Waals surface area (Å²) in [7, 11) is 0. The molecule has 0 radical (unpaired) electrons. The summed E-state index contributed by atoms with van der Waals surface area (Å²) in [4.78, 5) is 0. The first-order valence-electron chi connectivity index (χ1n) is 3.76. The maximum absolute atomic E-state index is 8.39. The summed E-state index contributed by atoms with van der Waals surface area (Å²) in [5, 5.41) is 8.92. The fourth-order valence-electron chi connectivity index (χ4n) is 0.779. The molecule has 0 amide bonds. The Labute approximate surface area is 81.7 Å². The zero-order chi connectivity index (χ0) is 9.68. The molecule has 2 N–H and O–H groups in total. The summed E-state index contributed by atoms with van der Waals surface area (Å²) in [6.45, 7) is 0.153. The molecule has 0 aliphatic heterocycles. The molecule has 1 aromatic carbocycles. The molecule has 0 saturated heterocycles. The Hall–Kier alpha value is -1.24. The van der Waals surface area contributed by atoms with Gasteiger partial charge in [0.15, 0.2) is 0 Å². The van der Waals surface area contributed by atoms with Crippen LogP contribution < -0.4 is 10.5 Å². The van der Waals surface area contributed by atoms with Crippen LogP contribution in [0.5, 0.6) is 5.75 Å². The third kappa shape index (κ3) is 2.94. The predicted octanol–water partition coefficient (Wildman–Crippen LogP) is 1.57. The number of nitrogens with two attached hydrogens (primary N) is 1. The smallest absolute Gasteiger partial charge is 0.138 e. The molecule has 1 rings (SSSR count). The molecule has 3 nitrogen and oxygen atoms in total. The van der Waals surface area contributed by atoms with E-state index in [1.165, 1.54) is 0 Å². The molecule has 0 saturated carbocycles. The van der Waals surface area contributed by atoms with Crippen molar-refractivity contribution in [2.24, 2.45) is 5.73 Å². The number of halogens is 1. The maximum Gasteiger partial charge on any atom is 0.138 e. The van der Waals surface area contributed by atoms with Gasteiger partial charge in [-0.15, -0.1) is 0 Å². The average Bonchev–Trinajstić information content (AvgIpc) is 2.16. The molecule has 0 bridgehead atoms. The number of nitriles is 1. The van der Waals surface area contributed by atoms with Gasteiger partial charge in [0.1, 0.15) is 18.4 Å². The predicted molar refractivity (Wildman–Crippen MR) is 50.5 cm³/mol. The summed E-state index contributed by atoms with van der Waals surface area (Å²) in [6.07, 6.45) is 0. The Bertz CT molecular complexity index is 322. The van der Waals surface area contributed by atoms with E-state index in [4.69, 9.17) is 27.3 Å². The highest BCUT2D eigenvalue weighted by molar-refractivity contribution is 6.32. The van der Waals surface area contributed by atoms with Crippen molar-refractivity contribution in [1.82, 2.24) is 0 Å². The summed E-state index contributed by atoms with van der Waals surface area (Å²) in [5.74, 6) is 0.551. The Morgan fingerprint density at radius 1 is 1.54 bits per heavy atom. The molecule has 0 aliphatic carbocycles. The van der Waals surface area contributed by atoms with Crippen LogP contribution in [0.2, 0.25) is 5.02 Å². The second kappa shape index (κ2) is 4.70. The van der Waals surface area contributed by atoms with Gasteiger partial charge in [-0.05, 0) is 12.1 Å². The fraction of sp³-hybridized carbons (Fsp3) is 0.222. The summed E-state index contributed by atoms with van der Waals surface area (Å²) < 4.78 is 5.21. The minimum atomic E-state index is -0.615. The third-order valence-corrected chi connectivity index (χ3v) is 1.73. The van der Waals surface area contributed by atoms with Gasteiger partial charge in [0.25, 0.3) is 0 Å². The van der Waals surface area contributed by atoms with Crippen LogP contribution in [0.15, 0.2) is 24.3 Å². The number of hydrogen-bond donors (Lipinski definition) is 1. The van der Waals surface area contributed by atoms with E-state index in [-0.39, 0.29) is 6.61 Å². The van der Waals surface area contributed by atoms with Crippen LogP contribution in [-0.4, -0.2) is 12.6 Å². The lowest BCUT2D eigenvalue weighted by Gasteiger charge is -2.07. The van der Waals surface area contributed by atoms with Crippen molar-refractivity contribution in [1.29, 1.82) is 5.26 Å². The van der Waals surface area contributed by atoms with Crippen LogP contribution in [-0.2, 0) is 0 Å². The zero-order valence-corrected chi connectivity index (χ0v) is 7.66. The summed E-state index contributed by atoms with van der Waals surface area (Å²) in [6, 6.07) is 8.31. The van der Waals surface area contributed by atoms with Gasteiger partial charge in [0, 0.05) is 0 Å². The van der Waals surface area contributed by atoms with Crippen LogP contribution in [0, 0.1) is 11.3 Å². The van der Waals surface area contributed by atoms with Gasteiger partial charge in [0.05, 0.1) is 11.1 Å². The minimum absolute atomic E-state index is 0.153. The zero-order valence-electron chi connectivity index (χ0n) is 6.90. The molecule has 0 fully saturated rings. The molecule has 0 spiro atoms. The van der Waals surface area contributed by atoms with Gasteiger partial charge in [-0.1, -0.05) is 23.7 Å². The van der Waals surface area contributed by atoms with E-state index in [0.717, 1.165) is 0 Å². The molecule has 0 aromatic heterocycles. The molecule has 1 aromatic rings. The van der Waals surface area contributed by atoms with Crippen molar-refractivity contribution in [2.45, 2.75) is 6.04 Å². The molecular formula is C9H9ClN2O. The molecule has 13 heavy (non-hydrogen) atoms. The number of benzene rings is 1. The lowest BCUT2D eigenvalue weighted by Crippen LogP contribution is -2.25. The van der Waals surface area contributed by atoms with E-state index < -0.39 is 6.04 Å². The lowest BCUT2D eigenvalue weighted by molar-refractivity contribution is 0.309. The number of ether oxygens (including phenoxy) is 1. The Morgan fingerprint density at radius 3 is 2.85 bits per heavy atom. The van der Waals surface area contributed by atoms with Gasteiger partial charge in [-0.3, -0.25) is 0 Å². The number of para-hydroxylation sites is 1. The molecule has 0 aliphatic rings. The highest BCUT2D eigenvalue weighted by Crippen LogP contribution is 2.22. The first kappa shape index (κ1) is 9.85. The highest BCUT2D eigenvalue weighted by atomic mass is 35.5. The van der Waals surface area contributed by atoms with Crippen LogP contribution in [0.25, 0.3) is 0 Å². The van der Waals surface area contributed by atoms with E-state index in [0.29, 0.717) is 10.8 Å². The Kier molecular flexibility index (Phi) is 3.56. The van der Waals surface area contributed by atoms with Gasteiger partial charge in [-0.2, -0.15) is 5.26 Å². The fourth-order valence-corrected chi connectivity index (χ4v) is 0.969. The van der Waals surface area contributed by atoms with Crippen LogP contribution in [0.4, 0.5) is 0 Å². The van der Waals surface area contributed by atoms with Crippen LogP contribution >= 0.6 is 11.6 Å². The van der Waals surface area contributed by atoms with Gasteiger partial charge in [-0.25, -0.2) is 0 Å². The molecule has 0 heterocycles. The number of nitrogens with zero attached hydrogens (tertiary/aromatic N) is 1. The van der Waals surface area contributed by atoms with Crippen molar-refractivity contribution in [3.05, 3.63) is 29.3 Å². The number of rotatable bonds is 3. The Balaban J connectivity index is 2.56. The van der Waals surface area contributed by atoms with Crippen molar-refractivity contribution >= 4 is 11.6 Å².